The van der Waals surface area contributed by atoms with E-state index >= 15 is 0 Å². The minimum Gasteiger partial charge on any atom is -0.391 e. The highest BCUT2D eigenvalue weighted by Crippen LogP contribution is 2.55. The molecule has 0 amide bonds. The summed E-state index contributed by atoms with van der Waals surface area (Å²) in [6.07, 6.45) is 1.85. The number of fused-ring (bicyclic) bond motifs is 1. The van der Waals surface area contributed by atoms with Gasteiger partial charge in [0.1, 0.15) is 5.82 Å². The van der Waals surface area contributed by atoms with Crippen LogP contribution in [0.1, 0.15) is 18.4 Å². The Bertz CT molecular complexity index is 580. The second-order valence-electron chi connectivity index (χ2n) is 6.07. The molecule has 98 valence electrons. The molecule has 1 aromatic carbocycles. The van der Waals surface area contributed by atoms with Crippen molar-refractivity contribution in [2.75, 3.05) is 11.4 Å². The Kier molecular flexibility index (Phi) is 2.19. The Morgan fingerprint density at radius 2 is 2.16 bits per heavy atom. The summed E-state index contributed by atoms with van der Waals surface area (Å²) in [5.41, 5.74) is 0.881. The van der Waals surface area contributed by atoms with Gasteiger partial charge in [0, 0.05) is 6.54 Å². The number of halogens is 1. The summed E-state index contributed by atoms with van der Waals surface area (Å²) in [7, 11) is 0. The van der Waals surface area contributed by atoms with E-state index < -0.39 is 0 Å². The van der Waals surface area contributed by atoms with Gasteiger partial charge in [-0.15, -0.1) is 0 Å². The van der Waals surface area contributed by atoms with Gasteiger partial charge in [-0.3, -0.25) is 0 Å². The quantitative estimate of drug-likeness (QED) is 0.837. The lowest BCUT2D eigenvalue weighted by Crippen LogP contribution is -2.41. The fourth-order valence-electron chi connectivity index (χ4n) is 4.50. The Morgan fingerprint density at radius 1 is 1.32 bits per heavy atom. The van der Waals surface area contributed by atoms with Crippen molar-refractivity contribution in [2.24, 2.45) is 17.8 Å². The van der Waals surface area contributed by atoms with E-state index in [1.54, 1.807) is 12.1 Å². The first kappa shape index (κ1) is 11.2. The molecule has 0 unspecified atom stereocenters. The number of benzene rings is 1. The van der Waals surface area contributed by atoms with Crippen molar-refractivity contribution in [3.8, 4) is 6.07 Å². The zero-order chi connectivity index (χ0) is 13.1. The first-order valence-corrected chi connectivity index (χ1v) is 6.83. The van der Waals surface area contributed by atoms with Gasteiger partial charge in [0.25, 0.3) is 0 Å². The Morgan fingerprint density at radius 3 is 2.84 bits per heavy atom. The number of aliphatic hydroxyl groups is 1. The molecular weight excluding hydrogens is 243 g/mol. The highest BCUT2D eigenvalue weighted by atomic mass is 19.1. The van der Waals surface area contributed by atoms with Crippen LogP contribution in [0.4, 0.5) is 10.1 Å². The van der Waals surface area contributed by atoms with Crippen LogP contribution in [-0.4, -0.2) is 23.8 Å². The second-order valence-corrected chi connectivity index (χ2v) is 6.07. The maximum atomic E-state index is 14.1. The van der Waals surface area contributed by atoms with E-state index in [0.717, 1.165) is 19.4 Å². The molecule has 4 rings (SSSR count). The van der Waals surface area contributed by atoms with Crippen LogP contribution in [0, 0.1) is 34.9 Å². The molecule has 0 radical (unpaired) electrons. The largest absolute Gasteiger partial charge is 0.391 e. The van der Waals surface area contributed by atoms with Crippen LogP contribution >= 0.6 is 0 Å². The summed E-state index contributed by atoms with van der Waals surface area (Å²) < 4.78 is 14.1. The van der Waals surface area contributed by atoms with E-state index in [0.29, 0.717) is 29.0 Å². The summed E-state index contributed by atoms with van der Waals surface area (Å²) in [5.74, 6) is 1.19. The molecule has 19 heavy (non-hydrogen) atoms. The van der Waals surface area contributed by atoms with Crippen LogP contribution in [0.3, 0.4) is 0 Å². The molecule has 3 fully saturated rings. The van der Waals surface area contributed by atoms with E-state index in [-0.39, 0.29) is 18.0 Å². The van der Waals surface area contributed by atoms with Gasteiger partial charge in [0.05, 0.1) is 29.5 Å². The van der Waals surface area contributed by atoms with E-state index in [1.807, 2.05) is 11.0 Å². The van der Waals surface area contributed by atoms with Crippen molar-refractivity contribution in [1.82, 2.24) is 0 Å². The molecule has 5 atom stereocenters. The number of nitriles is 1. The summed E-state index contributed by atoms with van der Waals surface area (Å²) in [4.78, 5) is 2.03. The third kappa shape index (κ3) is 1.39. The zero-order valence-corrected chi connectivity index (χ0v) is 10.5. The third-order valence-corrected chi connectivity index (χ3v) is 5.23. The van der Waals surface area contributed by atoms with Crippen LogP contribution in [-0.2, 0) is 0 Å². The topological polar surface area (TPSA) is 47.3 Å². The molecule has 3 nitrogen and oxygen atoms in total. The highest BCUT2D eigenvalue weighted by molar-refractivity contribution is 5.54. The number of rotatable bonds is 1. The monoisotopic (exact) mass is 258 g/mol. The third-order valence-electron chi connectivity index (χ3n) is 5.23. The van der Waals surface area contributed by atoms with Crippen LogP contribution in [0.5, 0.6) is 0 Å². The second kappa shape index (κ2) is 3.71. The molecular formula is C15H15FN2O. The molecule has 1 aliphatic heterocycles. The molecule has 1 aromatic rings. The predicted molar refractivity (Wildman–Crippen MR) is 68.0 cm³/mol. The number of hydrogen-bond donors (Lipinski definition) is 1. The van der Waals surface area contributed by atoms with Gasteiger partial charge in [-0.2, -0.15) is 5.26 Å². The molecule has 2 bridgehead atoms. The van der Waals surface area contributed by atoms with Gasteiger partial charge in [0.2, 0.25) is 0 Å². The van der Waals surface area contributed by atoms with Crippen molar-refractivity contribution in [3.05, 3.63) is 29.6 Å². The lowest BCUT2D eigenvalue weighted by molar-refractivity contribution is 0.0965. The van der Waals surface area contributed by atoms with Crippen LogP contribution in [0.25, 0.3) is 0 Å². The summed E-state index contributed by atoms with van der Waals surface area (Å²) >= 11 is 0. The molecule has 3 aliphatic rings. The maximum absolute atomic E-state index is 14.1. The van der Waals surface area contributed by atoms with Crippen LogP contribution in [0.2, 0.25) is 0 Å². The maximum Gasteiger partial charge on any atom is 0.147 e. The first-order chi connectivity index (χ1) is 9.19. The lowest BCUT2D eigenvalue weighted by atomic mass is 9.88. The number of anilines is 1. The van der Waals surface area contributed by atoms with Gasteiger partial charge in [-0.05, 0) is 48.8 Å². The SMILES string of the molecule is N#Cc1ccc(N2C[C@@H]3C[C@H]4C[C@H]3[C@H]2[C@H]4O)c(F)c1. The van der Waals surface area contributed by atoms with Crippen molar-refractivity contribution >= 4 is 5.69 Å². The Labute approximate surface area is 111 Å². The fourth-order valence-corrected chi connectivity index (χ4v) is 4.50. The summed E-state index contributed by atoms with van der Waals surface area (Å²) in [6.45, 7) is 0.839. The van der Waals surface area contributed by atoms with E-state index in [9.17, 15) is 9.50 Å². The normalized spacial score (nSPS) is 38.8. The Balaban J connectivity index is 1.73. The summed E-state index contributed by atoms with van der Waals surface area (Å²) in [5, 5.41) is 19.1. The first-order valence-electron chi connectivity index (χ1n) is 6.83. The van der Waals surface area contributed by atoms with Crippen molar-refractivity contribution in [3.63, 3.8) is 0 Å². The highest BCUT2D eigenvalue weighted by Gasteiger charge is 2.59. The molecule has 1 saturated heterocycles. The number of aliphatic hydroxyl groups excluding tert-OH is 1. The van der Waals surface area contributed by atoms with Crippen molar-refractivity contribution < 1.29 is 9.50 Å². The predicted octanol–water partition coefficient (Wildman–Crippen LogP) is 1.90. The number of nitrogens with zero attached hydrogens (tertiary/aromatic N) is 2. The van der Waals surface area contributed by atoms with Gasteiger partial charge < -0.3 is 10.0 Å². The zero-order valence-electron chi connectivity index (χ0n) is 10.5. The smallest absolute Gasteiger partial charge is 0.147 e. The van der Waals surface area contributed by atoms with Crippen LogP contribution < -0.4 is 4.90 Å². The lowest BCUT2D eigenvalue weighted by Gasteiger charge is -2.30. The minimum absolute atomic E-state index is 0.0752. The van der Waals surface area contributed by atoms with Gasteiger partial charge >= 0.3 is 0 Å². The van der Waals surface area contributed by atoms with Gasteiger partial charge in [0.15, 0.2) is 0 Å². The van der Waals surface area contributed by atoms with E-state index in [2.05, 4.69) is 0 Å². The molecule has 4 heteroatoms. The molecule has 0 aromatic heterocycles. The van der Waals surface area contributed by atoms with E-state index in [4.69, 9.17) is 5.26 Å². The van der Waals surface area contributed by atoms with Gasteiger partial charge in [-0.1, -0.05) is 0 Å². The standard InChI is InChI=1S/C15H15FN2O/c16-12-3-8(6-17)1-2-13(12)18-7-10-4-9-5-11(10)14(18)15(9)19/h1-3,9-11,14-15,19H,4-5,7H2/t9-,10-,11+,14-,15-/m0/s1. The minimum atomic E-state index is -0.351. The van der Waals surface area contributed by atoms with Crippen molar-refractivity contribution in [1.29, 1.82) is 5.26 Å². The van der Waals surface area contributed by atoms with Gasteiger partial charge in [-0.25, -0.2) is 4.39 Å². The molecule has 2 aliphatic carbocycles. The fraction of sp³-hybridized carbons (Fsp3) is 0.533. The molecule has 1 N–H and O–H groups in total. The summed E-state index contributed by atoms with van der Waals surface area (Å²) in [6, 6.07) is 6.64. The van der Waals surface area contributed by atoms with Crippen molar-refractivity contribution in [2.45, 2.75) is 25.0 Å². The average Bonchev–Trinajstić information content (AvgIpc) is 3.00. The average molecular weight is 258 g/mol. The molecule has 2 saturated carbocycles. The van der Waals surface area contributed by atoms with E-state index in [1.165, 1.54) is 6.07 Å². The molecule has 1 heterocycles. The van der Waals surface area contributed by atoms with Crippen LogP contribution in [0.15, 0.2) is 18.2 Å². The Hall–Kier alpha value is -1.60. The number of hydrogen-bond acceptors (Lipinski definition) is 3. The molecule has 0 spiro atoms.